The molecule has 0 radical (unpaired) electrons. The molecule has 3 rings (SSSR count). The molecule has 1 aromatic heterocycles. The predicted octanol–water partition coefficient (Wildman–Crippen LogP) is 1.68. The highest BCUT2D eigenvalue weighted by molar-refractivity contribution is 6.11. The molecule has 4 N–H and O–H groups in total. The number of fused-ring (bicyclic) bond motifs is 1. The van der Waals surface area contributed by atoms with E-state index < -0.39 is 5.54 Å². The van der Waals surface area contributed by atoms with Crippen LogP contribution >= 0.6 is 0 Å². The molecule has 102 valence electrons. The number of nitrogens with two attached hydrogens (primary N) is 1. The number of nitrogens with zero attached hydrogens (tertiary/aromatic N) is 2. The lowest BCUT2D eigenvalue weighted by atomic mass is 9.90. The second kappa shape index (κ2) is 4.19. The number of benzene rings is 1. The van der Waals surface area contributed by atoms with Gasteiger partial charge in [-0.3, -0.25) is 9.78 Å². The Balaban J connectivity index is 2.24. The normalized spacial score (nSPS) is 16.0. The molecule has 1 aromatic carbocycles. The summed E-state index contributed by atoms with van der Waals surface area (Å²) < 4.78 is 0. The van der Waals surface area contributed by atoms with E-state index in [9.17, 15) is 4.79 Å². The van der Waals surface area contributed by atoms with Gasteiger partial charge in [-0.2, -0.15) is 4.98 Å². The van der Waals surface area contributed by atoms with Crippen molar-refractivity contribution in [1.82, 2.24) is 9.97 Å². The van der Waals surface area contributed by atoms with Crippen LogP contribution in [0.15, 0.2) is 40.1 Å². The average molecular weight is 269 g/mol. The smallest absolute Gasteiger partial charge is 0.280 e. The van der Waals surface area contributed by atoms with Crippen molar-refractivity contribution in [3.8, 4) is 0 Å². The summed E-state index contributed by atoms with van der Waals surface area (Å²) in [7, 11) is 0. The summed E-state index contributed by atoms with van der Waals surface area (Å²) in [6.45, 7) is 3.97. The molecule has 2 heterocycles. The van der Waals surface area contributed by atoms with E-state index in [0.717, 1.165) is 11.3 Å². The predicted molar refractivity (Wildman–Crippen MR) is 79.6 cm³/mol. The first kappa shape index (κ1) is 12.4. The van der Waals surface area contributed by atoms with Crippen LogP contribution in [-0.4, -0.2) is 21.2 Å². The molecule has 0 spiro atoms. The highest BCUT2D eigenvalue weighted by Gasteiger charge is 2.32. The van der Waals surface area contributed by atoms with Crippen LogP contribution in [0.4, 0.5) is 17.5 Å². The van der Waals surface area contributed by atoms with Gasteiger partial charge in [-0.15, -0.1) is 0 Å². The topological polar surface area (TPSA) is 96.2 Å². The molecular weight excluding hydrogens is 254 g/mol. The van der Waals surface area contributed by atoms with Crippen LogP contribution in [0, 0.1) is 0 Å². The minimum atomic E-state index is -0.443. The highest BCUT2D eigenvalue weighted by Crippen LogP contribution is 2.31. The highest BCUT2D eigenvalue weighted by atomic mass is 16.1. The minimum Gasteiger partial charge on any atom is -0.369 e. The van der Waals surface area contributed by atoms with E-state index in [2.05, 4.69) is 20.3 Å². The Kier molecular flexibility index (Phi) is 2.60. The minimum absolute atomic E-state index is 0.0791. The molecule has 6 nitrogen and oxygen atoms in total. The van der Waals surface area contributed by atoms with Crippen LogP contribution in [-0.2, 0) is 0 Å². The zero-order valence-electron chi connectivity index (χ0n) is 11.3. The summed E-state index contributed by atoms with van der Waals surface area (Å²) in [5.41, 5.74) is 6.80. The molecule has 0 unspecified atom stereocenters. The van der Waals surface area contributed by atoms with Crippen LogP contribution in [0.3, 0.4) is 0 Å². The molecule has 0 aliphatic carbocycles. The Morgan fingerprint density at radius 1 is 1.20 bits per heavy atom. The van der Waals surface area contributed by atoms with Crippen LogP contribution in [0.2, 0.25) is 0 Å². The van der Waals surface area contributed by atoms with E-state index in [1.165, 1.54) is 0 Å². The number of hydrogen-bond donors (Lipinski definition) is 3. The molecule has 0 fully saturated rings. The lowest BCUT2D eigenvalue weighted by molar-refractivity contribution is 0.743. The number of aromatic amines is 1. The maximum absolute atomic E-state index is 11.9. The van der Waals surface area contributed by atoms with Gasteiger partial charge < -0.3 is 11.1 Å². The van der Waals surface area contributed by atoms with Gasteiger partial charge in [0, 0.05) is 0 Å². The third-order valence-electron chi connectivity index (χ3n) is 3.21. The van der Waals surface area contributed by atoms with Crippen LogP contribution < -0.4 is 16.6 Å². The Labute approximate surface area is 115 Å². The fourth-order valence-electron chi connectivity index (χ4n) is 2.30. The van der Waals surface area contributed by atoms with E-state index in [1.54, 1.807) is 0 Å². The van der Waals surface area contributed by atoms with E-state index in [-0.39, 0.29) is 17.2 Å². The molecular formula is C14H15N5O. The number of aromatic nitrogens is 2. The second-order valence-corrected chi connectivity index (χ2v) is 5.22. The SMILES string of the molecule is CC1(C)Nc2nc(N)[nH]c(=O)c2N=C1c1ccccc1. The summed E-state index contributed by atoms with van der Waals surface area (Å²) in [4.78, 5) is 23.0. The number of anilines is 2. The van der Waals surface area contributed by atoms with Gasteiger partial charge in [0.25, 0.3) is 5.56 Å². The molecule has 0 saturated heterocycles. The van der Waals surface area contributed by atoms with E-state index in [0.29, 0.717) is 5.82 Å². The number of H-pyrrole nitrogens is 1. The van der Waals surface area contributed by atoms with Gasteiger partial charge in [0.05, 0.1) is 11.3 Å². The number of rotatable bonds is 1. The molecule has 0 bridgehead atoms. The van der Waals surface area contributed by atoms with Crippen LogP contribution in [0.25, 0.3) is 0 Å². The average Bonchev–Trinajstić information content (AvgIpc) is 2.37. The number of aliphatic imine (C=N–C) groups is 1. The molecule has 0 atom stereocenters. The van der Waals surface area contributed by atoms with E-state index in [1.807, 2.05) is 44.2 Å². The van der Waals surface area contributed by atoms with Crippen molar-refractivity contribution in [1.29, 1.82) is 0 Å². The van der Waals surface area contributed by atoms with Gasteiger partial charge in [0.1, 0.15) is 0 Å². The molecule has 0 saturated carbocycles. The maximum atomic E-state index is 11.9. The van der Waals surface area contributed by atoms with Crippen molar-refractivity contribution < 1.29 is 0 Å². The van der Waals surface area contributed by atoms with Gasteiger partial charge in [-0.1, -0.05) is 30.3 Å². The first-order valence-electron chi connectivity index (χ1n) is 6.30. The van der Waals surface area contributed by atoms with Gasteiger partial charge in [-0.25, -0.2) is 4.99 Å². The van der Waals surface area contributed by atoms with E-state index >= 15 is 0 Å². The number of nitrogen functional groups attached to an aromatic ring is 1. The molecule has 1 aliphatic rings. The van der Waals surface area contributed by atoms with Crippen molar-refractivity contribution in [2.45, 2.75) is 19.4 Å². The van der Waals surface area contributed by atoms with E-state index in [4.69, 9.17) is 5.73 Å². The summed E-state index contributed by atoms with van der Waals surface area (Å²) in [5.74, 6) is 0.492. The Morgan fingerprint density at radius 2 is 1.90 bits per heavy atom. The fraction of sp³-hybridized carbons (Fsp3) is 0.214. The lowest BCUT2D eigenvalue weighted by Crippen LogP contribution is -2.44. The standard InChI is InChI=1S/C14H15N5O/c1-14(2)10(8-6-4-3-5-7-8)16-9-11(19-14)17-13(15)18-12(9)20/h3-7H,1-2H3,(H4,15,17,18,19,20). The zero-order valence-corrected chi connectivity index (χ0v) is 11.3. The second-order valence-electron chi connectivity index (χ2n) is 5.22. The number of nitrogens with one attached hydrogen (secondary N) is 2. The monoisotopic (exact) mass is 269 g/mol. The maximum Gasteiger partial charge on any atom is 0.280 e. The van der Waals surface area contributed by atoms with Gasteiger partial charge in [0.15, 0.2) is 11.5 Å². The first-order chi connectivity index (χ1) is 9.47. The third kappa shape index (κ3) is 1.95. The van der Waals surface area contributed by atoms with Crippen molar-refractivity contribution >= 4 is 23.2 Å². The molecule has 2 aromatic rings. The van der Waals surface area contributed by atoms with Crippen LogP contribution in [0.1, 0.15) is 19.4 Å². The molecule has 6 heteroatoms. The molecule has 0 amide bonds. The van der Waals surface area contributed by atoms with Gasteiger partial charge in [-0.05, 0) is 19.4 Å². The Bertz CT molecular complexity index is 746. The van der Waals surface area contributed by atoms with Gasteiger partial charge >= 0.3 is 0 Å². The molecule has 20 heavy (non-hydrogen) atoms. The Morgan fingerprint density at radius 3 is 2.60 bits per heavy atom. The summed E-state index contributed by atoms with van der Waals surface area (Å²) in [6.07, 6.45) is 0. The van der Waals surface area contributed by atoms with Crippen molar-refractivity contribution in [3.63, 3.8) is 0 Å². The van der Waals surface area contributed by atoms with Crippen molar-refractivity contribution in [3.05, 3.63) is 46.2 Å². The quantitative estimate of drug-likeness (QED) is 0.733. The molecule has 1 aliphatic heterocycles. The van der Waals surface area contributed by atoms with Gasteiger partial charge in [0.2, 0.25) is 5.95 Å². The largest absolute Gasteiger partial charge is 0.369 e. The first-order valence-corrected chi connectivity index (χ1v) is 6.30. The fourth-order valence-corrected chi connectivity index (χ4v) is 2.30. The lowest BCUT2D eigenvalue weighted by Gasteiger charge is -2.32. The Hall–Kier alpha value is -2.63. The van der Waals surface area contributed by atoms with Crippen LogP contribution in [0.5, 0.6) is 0 Å². The number of hydrogen-bond acceptors (Lipinski definition) is 5. The summed E-state index contributed by atoms with van der Waals surface area (Å²) in [6, 6.07) is 9.75. The third-order valence-corrected chi connectivity index (χ3v) is 3.21. The zero-order chi connectivity index (χ0) is 14.3. The van der Waals surface area contributed by atoms with Crippen molar-refractivity contribution in [2.24, 2.45) is 4.99 Å². The summed E-state index contributed by atoms with van der Waals surface area (Å²) in [5, 5.41) is 3.22. The van der Waals surface area contributed by atoms with Crippen molar-refractivity contribution in [2.75, 3.05) is 11.1 Å². The summed E-state index contributed by atoms with van der Waals surface area (Å²) >= 11 is 0.